The Bertz CT molecular complexity index is 535. The highest BCUT2D eigenvalue weighted by atomic mass is 32.2. The Labute approximate surface area is 111 Å². The molecule has 0 aromatic heterocycles. The van der Waals surface area contributed by atoms with E-state index in [1.54, 1.807) is 6.92 Å². The number of anilines is 1. The summed E-state index contributed by atoms with van der Waals surface area (Å²) in [5.74, 6) is -0.849. The maximum Gasteiger partial charge on any atom is 0.243 e. The monoisotopic (exact) mass is 292 g/mol. The number of aliphatic hydroxyl groups is 2. The summed E-state index contributed by atoms with van der Waals surface area (Å²) in [6.07, 6.45) is 0.161. The molecule has 0 unspecified atom stereocenters. The molecule has 8 heteroatoms. The first-order chi connectivity index (χ1) is 8.82. The van der Waals surface area contributed by atoms with Crippen molar-refractivity contribution < 1.29 is 23.0 Å². The molecular formula is C11H17FN2O4S. The SMILES string of the molecule is CCC(CO)(CO)NS(=O)(=O)c1cccc(F)c1N. The molecule has 0 heterocycles. The molecule has 1 rings (SSSR count). The van der Waals surface area contributed by atoms with Crippen molar-refractivity contribution in [2.45, 2.75) is 23.8 Å². The molecule has 1 aromatic rings. The first-order valence-electron chi connectivity index (χ1n) is 5.61. The van der Waals surface area contributed by atoms with Gasteiger partial charge < -0.3 is 15.9 Å². The lowest BCUT2D eigenvalue weighted by Gasteiger charge is -2.29. The smallest absolute Gasteiger partial charge is 0.243 e. The Kier molecular flexibility index (Phi) is 4.86. The number of nitrogens with two attached hydrogens (primary N) is 1. The summed E-state index contributed by atoms with van der Waals surface area (Å²) in [5.41, 5.74) is 3.48. The number of halogens is 1. The van der Waals surface area contributed by atoms with Crippen LogP contribution in [0.1, 0.15) is 13.3 Å². The van der Waals surface area contributed by atoms with E-state index in [1.807, 2.05) is 0 Å². The molecule has 108 valence electrons. The number of aliphatic hydroxyl groups excluding tert-OH is 2. The maximum atomic E-state index is 13.3. The lowest BCUT2D eigenvalue weighted by molar-refractivity contribution is 0.105. The molecule has 0 amide bonds. The fourth-order valence-electron chi connectivity index (χ4n) is 1.50. The Balaban J connectivity index is 3.22. The van der Waals surface area contributed by atoms with Crippen molar-refractivity contribution in [3.05, 3.63) is 24.0 Å². The maximum absolute atomic E-state index is 13.3. The Morgan fingerprint density at radius 3 is 2.42 bits per heavy atom. The largest absolute Gasteiger partial charge is 0.395 e. The third-order valence-corrected chi connectivity index (χ3v) is 4.57. The minimum absolute atomic E-state index is 0.161. The molecule has 0 aliphatic carbocycles. The molecule has 0 aliphatic heterocycles. The van der Waals surface area contributed by atoms with Gasteiger partial charge in [0.25, 0.3) is 0 Å². The molecule has 6 nitrogen and oxygen atoms in total. The standard InChI is InChI=1S/C11H17FN2O4S/c1-2-11(6-15,7-16)14-19(17,18)9-5-3-4-8(12)10(9)13/h3-5,14-16H,2,6-7,13H2,1H3. The van der Waals surface area contributed by atoms with Crippen LogP contribution in [0.25, 0.3) is 0 Å². The summed E-state index contributed by atoms with van der Waals surface area (Å²) < 4.78 is 39.7. The number of hydrogen-bond donors (Lipinski definition) is 4. The van der Waals surface area contributed by atoms with Crippen LogP contribution in [-0.4, -0.2) is 37.4 Å². The fraction of sp³-hybridized carbons (Fsp3) is 0.455. The predicted octanol–water partition coefficient (Wildman–Crippen LogP) is -0.180. The number of benzene rings is 1. The van der Waals surface area contributed by atoms with Gasteiger partial charge in [0.1, 0.15) is 10.7 Å². The van der Waals surface area contributed by atoms with Crippen molar-refractivity contribution in [2.24, 2.45) is 0 Å². The van der Waals surface area contributed by atoms with Crippen LogP contribution in [0.3, 0.4) is 0 Å². The van der Waals surface area contributed by atoms with Crippen molar-refractivity contribution >= 4 is 15.7 Å². The van der Waals surface area contributed by atoms with Gasteiger partial charge in [-0.15, -0.1) is 0 Å². The van der Waals surface area contributed by atoms with Gasteiger partial charge in [0.2, 0.25) is 10.0 Å². The molecule has 0 radical (unpaired) electrons. The van der Waals surface area contributed by atoms with Crippen LogP contribution in [0.2, 0.25) is 0 Å². The molecule has 0 atom stereocenters. The molecule has 19 heavy (non-hydrogen) atoms. The van der Waals surface area contributed by atoms with Crippen molar-refractivity contribution in [2.75, 3.05) is 18.9 Å². The van der Waals surface area contributed by atoms with Crippen molar-refractivity contribution in [1.29, 1.82) is 0 Å². The van der Waals surface area contributed by atoms with Gasteiger partial charge in [-0.05, 0) is 18.6 Å². The average Bonchev–Trinajstić information content (AvgIpc) is 2.39. The third-order valence-electron chi connectivity index (χ3n) is 2.94. The van der Waals surface area contributed by atoms with Crippen LogP contribution in [0, 0.1) is 5.82 Å². The quantitative estimate of drug-likeness (QED) is 0.543. The summed E-state index contributed by atoms with van der Waals surface area (Å²) >= 11 is 0. The molecule has 0 fully saturated rings. The van der Waals surface area contributed by atoms with E-state index in [4.69, 9.17) is 5.73 Å². The molecule has 5 N–H and O–H groups in total. The van der Waals surface area contributed by atoms with Crippen LogP contribution in [0.15, 0.2) is 23.1 Å². The van der Waals surface area contributed by atoms with Gasteiger partial charge in [0.15, 0.2) is 0 Å². The van der Waals surface area contributed by atoms with Gasteiger partial charge in [0, 0.05) is 0 Å². The van der Waals surface area contributed by atoms with Gasteiger partial charge in [-0.2, -0.15) is 0 Å². The van der Waals surface area contributed by atoms with Crippen molar-refractivity contribution in [3.63, 3.8) is 0 Å². The lowest BCUT2D eigenvalue weighted by atomic mass is 10.0. The molecule has 0 spiro atoms. The molecule has 0 saturated carbocycles. The Morgan fingerprint density at radius 2 is 1.95 bits per heavy atom. The number of rotatable bonds is 6. The van der Waals surface area contributed by atoms with E-state index < -0.39 is 45.2 Å². The van der Waals surface area contributed by atoms with E-state index in [1.165, 1.54) is 6.07 Å². The van der Waals surface area contributed by atoms with Crippen LogP contribution < -0.4 is 10.5 Å². The molecular weight excluding hydrogens is 275 g/mol. The minimum atomic E-state index is -4.14. The van der Waals surface area contributed by atoms with Gasteiger partial charge in [-0.1, -0.05) is 13.0 Å². The molecule has 0 aliphatic rings. The predicted molar refractivity (Wildman–Crippen MR) is 68.3 cm³/mol. The van der Waals surface area contributed by atoms with Gasteiger partial charge in [-0.25, -0.2) is 17.5 Å². The van der Waals surface area contributed by atoms with E-state index in [0.717, 1.165) is 12.1 Å². The zero-order valence-corrected chi connectivity index (χ0v) is 11.2. The second-order valence-electron chi connectivity index (χ2n) is 4.21. The van der Waals surface area contributed by atoms with Crippen LogP contribution in [-0.2, 0) is 10.0 Å². The molecule has 1 aromatic carbocycles. The number of nitrogens with one attached hydrogen (secondary N) is 1. The topological polar surface area (TPSA) is 113 Å². The van der Waals surface area contributed by atoms with Crippen molar-refractivity contribution in [1.82, 2.24) is 4.72 Å². The van der Waals surface area contributed by atoms with E-state index in [-0.39, 0.29) is 6.42 Å². The highest BCUT2D eigenvalue weighted by Gasteiger charge is 2.33. The average molecular weight is 292 g/mol. The van der Waals surface area contributed by atoms with Crippen molar-refractivity contribution in [3.8, 4) is 0 Å². The molecule has 0 bridgehead atoms. The summed E-state index contributed by atoms with van der Waals surface area (Å²) in [4.78, 5) is -0.424. The fourth-order valence-corrected chi connectivity index (χ4v) is 3.10. The zero-order valence-electron chi connectivity index (χ0n) is 10.4. The summed E-state index contributed by atoms with van der Waals surface area (Å²) in [5, 5.41) is 18.4. The van der Waals surface area contributed by atoms with Crippen LogP contribution in [0.4, 0.5) is 10.1 Å². The highest BCUT2D eigenvalue weighted by molar-refractivity contribution is 7.89. The second-order valence-corrected chi connectivity index (χ2v) is 5.86. The number of hydrogen-bond acceptors (Lipinski definition) is 5. The van der Waals surface area contributed by atoms with E-state index in [0.29, 0.717) is 0 Å². The van der Waals surface area contributed by atoms with Gasteiger partial charge >= 0.3 is 0 Å². The lowest BCUT2D eigenvalue weighted by Crippen LogP contribution is -2.53. The normalized spacial score (nSPS) is 12.6. The first kappa shape index (κ1) is 15.8. The number of para-hydroxylation sites is 1. The van der Waals surface area contributed by atoms with Gasteiger partial charge in [0.05, 0.1) is 24.4 Å². The number of nitrogen functional groups attached to an aromatic ring is 1. The third kappa shape index (κ3) is 3.21. The Hall–Kier alpha value is -1.22. The van der Waals surface area contributed by atoms with E-state index >= 15 is 0 Å². The molecule has 0 saturated heterocycles. The van der Waals surface area contributed by atoms with E-state index in [2.05, 4.69) is 4.72 Å². The number of sulfonamides is 1. The second kappa shape index (κ2) is 5.83. The minimum Gasteiger partial charge on any atom is -0.395 e. The summed E-state index contributed by atoms with van der Waals surface area (Å²) in [7, 11) is -4.14. The van der Waals surface area contributed by atoms with Crippen LogP contribution in [0.5, 0.6) is 0 Å². The Morgan fingerprint density at radius 1 is 1.37 bits per heavy atom. The van der Waals surface area contributed by atoms with Crippen LogP contribution >= 0.6 is 0 Å². The summed E-state index contributed by atoms with van der Waals surface area (Å²) in [6.45, 7) is 0.423. The summed E-state index contributed by atoms with van der Waals surface area (Å²) in [6, 6.07) is 3.40. The van der Waals surface area contributed by atoms with Gasteiger partial charge in [-0.3, -0.25) is 0 Å². The highest BCUT2D eigenvalue weighted by Crippen LogP contribution is 2.23. The first-order valence-corrected chi connectivity index (χ1v) is 7.10. The van der Waals surface area contributed by atoms with E-state index in [9.17, 15) is 23.0 Å². The zero-order chi connectivity index (χ0) is 14.7.